The van der Waals surface area contributed by atoms with Crippen LogP contribution in [0.1, 0.15) is 37.7 Å². The number of nitrogens with one attached hydrogen (secondary N) is 2. The lowest BCUT2D eigenvalue weighted by molar-refractivity contribution is -0.140. The highest BCUT2D eigenvalue weighted by atomic mass is 32.2. The summed E-state index contributed by atoms with van der Waals surface area (Å²) in [5.41, 5.74) is 2.03. The molecule has 1 spiro atoms. The van der Waals surface area contributed by atoms with E-state index < -0.39 is 40.0 Å². The van der Waals surface area contributed by atoms with E-state index in [0.717, 1.165) is 23.6 Å². The molecular formula is C23H26N4O5S. The van der Waals surface area contributed by atoms with Crippen LogP contribution in [0.25, 0.3) is 0 Å². The van der Waals surface area contributed by atoms with Gasteiger partial charge in [-0.2, -0.15) is 9.31 Å². The highest BCUT2D eigenvalue weighted by Crippen LogP contribution is 2.33. The third-order valence-corrected chi connectivity index (χ3v) is 7.81. The monoisotopic (exact) mass is 470 g/mol. The summed E-state index contributed by atoms with van der Waals surface area (Å²) in [6.07, 6.45) is 3.66. The number of carbonyl (C=O) groups excluding carboxylic acids is 3. The predicted molar refractivity (Wildman–Crippen MR) is 120 cm³/mol. The topological polar surface area (TPSA) is 116 Å². The summed E-state index contributed by atoms with van der Waals surface area (Å²) >= 11 is 0. The summed E-state index contributed by atoms with van der Waals surface area (Å²) in [7, 11) is -4.01. The van der Waals surface area contributed by atoms with Crippen LogP contribution in [0.5, 0.6) is 0 Å². The number of imide groups is 1. The SMILES string of the molecule is O=C(CN(Cc1ccccc1)S(=O)(=O)c1ccccc1)NN1C(=O)NC2(CCCCC2)C1=O. The second-order valence-corrected chi connectivity index (χ2v) is 10.3. The Hall–Kier alpha value is -3.24. The molecule has 0 bridgehead atoms. The van der Waals surface area contributed by atoms with E-state index in [1.807, 2.05) is 6.07 Å². The largest absolute Gasteiger partial charge is 0.344 e. The van der Waals surface area contributed by atoms with Crippen LogP contribution in [0.15, 0.2) is 65.6 Å². The van der Waals surface area contributed by atoms with Gasteiger partial charge in [0.2, 0.25) is 10.0 Å². The van der Waals surface area contributed by atoms with Crippen LogP contribution >= 0.6 is 0 Å². The summed E-state index contributed by atoms with van der Waals surface area (Å²) in [5, 5.41) is 3.40. The van der Waals surface area contributed by atoms with Gasteiger partial charge in [-0.3, -0.25) is 15.0 Å². The number of urea groups is 1. The van der Waals surface area contributed by atoms with Gasteiger partial charge in [0.15, 0.2) is 0 Å². The van der Waals surface area contributed by atoms with Crippen LogP contribution in [-0.2, 0) is 26.2 Å². The molecule has 2 aromatic rings. The maximum Gasteiger partial charge on any atom is 0.344 e. The van der Waals surface area contributed by atoms with E-state index in [0.29, 0.717) is 23.4 Å². The molecule has 0 atom stereocenters. The molecule has 10 heteroatoms. The molecule has 1 saturated heterocycles. The fraction of sp³-hybridized carbons (Fsp3) is 0.348. The van der Waals surface area contributed by atoms with Crippen molar-refractivity contribution >= 4 is 27.9 Å². The van der Waals surface area contributed by atoms with Crippen molar-refractivity contribution in [2.24, 2.45) is 0 Å². The van der Waals surface area contributed by atoms with Crippen LogP contribution in [0.3, 0.4) is 0 Å². The summed E-state index contributed by atoms with van der Waals surface area (Å²) in [6.45, 7) is -0.605. The van der Waals surface area contributed by atoms with Crippen LogP contribution in [0.2, 0.25) is 0 Å². The second-order valence-electron chi connectivity index (χ2n) is 8.32. The van der Waals surface area contributed by atoms with Gasteiger partial charge in [0.05, 0.1) is 11.4 Å². The first-order valence-electron chi connectivity index (χ1n) is 10.9. The predicted octanol–water partition coefficient (Wildman–Crippen LogP) is 2.16. The molecule has 2 fully saturated rings. The van der Waals surface area contributed by atoms with Crippen molar-refractivity contribution in [1.29, 1.82) is 0 Å². The van der Waals surface area contributed by atoms with E-state index in [1.54, 1.807) is 42.5 Å². The Morgan fingerprint density at radius 2 is 1.58 bits per heavy atom. The fourth-order valence-corrected chi connectivity index (χ4v) is 5.70. The molecule has 0 radical (unpaired) electrons. The van der Waals surface area contributed by atoms with Gasteiger partial charge < -0.3 is 5.32 Å². The van der Waals surface area contributed by atoms with E-state index >= 15 is 0 Å². The lowest BCUT2D eigenvalue weighted by atomic mass is 9.82. The minimum atomic E-state index is -4.01. The number of hydrazine groups is 1. The number of hydrogen-bond donors (Lipinski definition) is 2. The van der Waals surface area contributed by atoms with E-state index in [9.17, 15) is 22.8 Å². The van der Waals surface area contributed by atoms with Gasteiger partial charge in [0.25, 0.3) is 11.8 Å². The Labute approximate surface area is 192 Å². The van der Waals surface area contributed by atoms with Gasteiger partial charge in [-0.05, 0) is 30.5 Å². The average Bonchev–Trinajstić information content (AvgIpc) is 3.04. The second kappa shape index (κ2) is 9.32. The Morgan fingerprint density at radius 3 is 2.21 bits per heavy atom. The quantitative estimate of drug-likeness (QED) is 0.602. The van der Waals surface area contributed by atoms with Gasteiger partial charge >= 0.3 is 6.03 Å². The first-order valence-corrected chi connectivity index (χ1v) is 12.3. The molecule has 2 N–H and O–H groups in total. The first-order chi connectivity index (χ1) is 15.8. The van der Waals surface area contributed by atoms with Crippen molar-refractivity contribution in [3.05, 3.63) is 66.2 Å². The lowest BCUT2D eigenvalue weighted by Crippen LogP contribution is -2.52. The van der Waals surface area contributed by atoms with Crippen LogP contribution in [0, 0.1) is 0 Å². The van der Waals surface area contributed by atoms with Gasteiger partial charge in [-0.1, -0.05) is 67.8 Å². The summed E-state index contributed by atoms with van der Waals surface area (Å²) < 4.78 is 27.6. The maximum atomic E-state index is 13.3. The van der Waals surface area contributed by atoms with Crippen molar-refractivity contribution in [2.75, 3.05) is 6.54 Å². The van der Waals surface area contributed by atoms with E-state index in [1.165, 1.54) is 12.1 Å². The third-order valence-electron chi connectivity index (χ3n) is 6.01. The van der Waals surface area contributed by atoms with Gasteiger partial charge in [-0.15, -0.1) is 0 Å². The smallest absolute Gasteiger partial charge is 0.322 e. The van der Waals surface area contributed by atoms with Crippen molar-refractivity contribution in [1.82, 2.24) is 20.1 Å². The van der Waals surface area contributed by atoms with E-state index in [4.69, 9.17) is 0 Å². The number of carbonyl (C=O) groups is 3. The summed E-state index contributed by atoms with van der Waals surface area (Å²) in [6, 6.07) is 16.0. The van der Waals surface area contributed by atoms with Gasteiger partial charge in [0.1, 0.15) is 5.54 Å². The minimum Gasteiger partial charge on any atom is -0.322 e. The highest BCUT2D eigenvalue weighted by molar-refractivity contribution is 7.89. The van der Waals surface area contributed by atoms with Gasteiger partial charge in [0, 0.05) is 6.54 Å². The zero-order chi connectivity index (χ0) is 23.5. The Balaban J connectivity index is 1.53. The molecule has 1 aliphatic heterocycles. The Bertz CT molecular complexity index is 1130. The molecular weight excluding hydrogens is 444 g/mol. The van der Waals surface area contributed by atoms with Crippen molar-refractivity contribution < 1.29 is 22.8 Å². The van der Waals surface area contributed by atoms with Crippen molar-refractivity contribution in [3.63, 3.8) is 0 Å². The van der Waals surface area contributed by atoms with E-state index in [-0.39, 0.29) is 11.4 Å². The zero-order valence-corrected chi connectivity index (χ0v) is 18.9. The number of nitrogens with zero attached hydrogens (tertiary/aromatic N) is 2. The van der Waals surface area contributed by atoms with Crippen LogP contribution in [0.4, 0.5) is 4.79 Å². The van der Waals surface area contributed by atoms with Crippen molar-refractivity contribution in [3.8, 4) is 0 Å². The third kappa shape index (κ3) is 4.76. The summed E-state index contributed by atoms with van der Waals surface area (Å²) in [4.78, 5) is 38.3. The van der Waals surface area contributed by atoms with Crippen LogP contribution in [-0.4, -0.2) is 47.7 Å². The maximum absolute atomic E-state index is 13.3. The average molecular weight is 471 g/mol. The highest BCUT2D eigenvalue weighted by Gasteiger charge is 2.52. The summed E-state index contributed by atoms with van der Waals surface area (Å²) in [5.74, 6) is -1.28. The molecule has 9 nitrogen and oxygen atoms in total. The molecule has 174 valence electrons. The normalized spacial score (nSPS) is 17.9. The number of amides is 4. The molecule has 4 amide bonds. The molecule has 2 aromatic carbocycles. The number of sulfonamides is 1. The minimum absolute atomic E-state index is 0.0461. The molecule has 2 aliphatic rings. The number of benzene rings is 2. The fourth-order valence-electron chi connectivity index (χ4n) is 4.29. The van der Waals surface area contributed by atoms with Crippen LogP contribution < -0.4 is 10.7 Å². The number of hydrogen-bond acceptors (Lipinski definition) is 5. The molecule has 1 heterocycles. The molecule has 1 saturated carbocycles. The Morgan fingerprint density at radius 1 is 0.970 bits per heavy atom. The molecule has 1 aliphatic carbocycles. The zero-order valence-electron chi connectivity index (χ0n) is 18.1. The standard InChI is InChI=1S/C23H26N4O5S/c28-20(25-27-21(29)23(24-22(27)30)14-8-3-9-15-23)17-26(16-18-10-4-1-5-11-18)33(31,32)19-12-6-2-7-13-19/h1-2,4-7,10-13H,3,8-9,14-17H2,(H,24,30)(H,25,28). The first kappa shape index (κ1) is 22.9. The molecule has 4 rings (SSSR count). The number of rotatable bonds is 7. The van der Waals surface area contributed by atoms with Crippen molar-refractivity contribution in [2.45, 2.75) is 49.1 Å². The lowest BCUT2D eigenvalue weighted by Gasteiger charge is -2.30. The molecule has 0 aromatic heterocycles. The van der Waals surface area contributed by atoms with E-state index in [2.05, 4.69) is 10.7 Å². The molecule has 0 unspecified atom stereocenters. The Kier molecular flexibility index (Phi) is 6.48. The van der Waals surface area contributed by atoms with Gasteiger partial charge in [-0.25, -0.2) is 13.2 Å². The molecule has 33 heavy (non-hydrogen) atoms.